The van der Waals surface area contributed by atoms with Crippen LogP contribution in [-0.4, -0.2) is 101 Å². The van der Waals surface area contributed by atoms with Crippen LogP contribution in [0.1, 0.15) is 26.7 Å². The highest BCUT2D eigenvalue weighted by Crippen LogP contribution is 2.38. The molecule has 0 aromatic heterocycles. The zero-order valence-corrected chi connectivity index (χ0v) is 19.6. The van der Waals surface area contributed by atoms with E-state index in [0.29, 0.717) is 44.2 Å². The van der Waals surface area contributed by atoms with E-state index in [4.69, 9.17) is 4.74 Å². The molecule has 1 aromatic carbocycles. The minimum absolute atomic E-state index is 0.0352. The van der Waals surface area contributed by atoms with E-state index in [9.17, 15) is 29.3 Å². The van der Waals surface area contributed by atoms with Gasteiger partial charge >= 0.3 is 0 Å². The molecule has 1 saturated carbocycles. The van der Waals surface area contributed by atoms with Crippen molar-refractivity contribution in [2.24, 2.45) is 11.8 Å². The predicted molar refractivity (Wildman–Crippen MR) is 122 cm³/mol. The number of benzene rings is 1. The number of aliphatic hydroxyl groups is 3. The van der Waals surface area contributed by atoms with Gasteiger partial charge in [0.1, 0.15) is 11.6 Å². The molecule has 34 heavy (non-hydrogen) atoms. The molecule has 10 heteroatoms. The predicted octanol–water partition coefficient (Wildman–Crippen LogP) is 0.213. The second-order valence-corrected chi connectivity index (χ2v) is 9.83. The molecule has 3 aliphatic rings. The fraction of sp³-hybridized carbons (Fsp3) is 0.667. The van der Waals surface area contributed by atoms with Crippen molar-refractivity contribution in [1.29, 1.82) is 0 Å². The number of anilines is 1. The van der Waals surface area contributed by atoms with Gasteiger partial charge in [0.05, 0.1) is 48.5 Å². The van der Waals surface area contributed by atoms with Crippen LogP contribution in [-0.2, 0) is 9.59 Å². The van der Waals surface area contributed by atoms with Gasteiger partial charge in [-0.05, 0) is 38.8 Å². The van der Waals surface area contributed by atoms with Crippen molar-refractivity contribution in [2.75, 3.05) is 44.2 Å². The van der Waals surface area contributed by atoms with Crippen LogP contribution in [0.25, 0.3) is 0 Å². The quantitative estimate of drug-likeness (QED) is 0.476. The Labute approximate surface area is 198 Å². The second kappa shape index (κ2) is 10.2. The van der Waals surface area contributed by atoms with Gasteiger partial charge in [0.25, 0.3) is 0 Å². The van der Waals surface area contributed by atoms with Crippen LogP contribution < -0.4 is 9.64 Å². The lowest BCUT2D eigenvalue weighted by molar-refractivity contribution is -0.141. The largest absolute Gasteiger partial charge is 0.489 e. The fourth-order valence-corrected chi connectivity index (χ4v) is 5.23. The van der Waals surface area contributed by atoms with Gasteiger partial charge in [-0.3, -0.25) is 19.4 Å². The Bertz CT molecular complexity index is 879. The van der Waals surface area contributed by atoms with Crippen molar-refractivity contribution in [3.63, 3.8) is 0 Å². The molecular formula is C24H34FN3O6. The van der Waals surface area contributed by atoms with E-state index in [1.807, 2.05) is 13.8 Å². The molecule has 2 saturated heterocycles. The maximum atomic E-state index is 13.9. The summed E-state index contributed by atoms with van der Waals surface area (Å²) in [5.41, 5.74) is 0.703. The molecule has 0 radical (unpaired) electrons. The lowest BCUT2D eigenvalue weighted by atomic mass is 9.78. The third-order valence-corrected chi connectivity index (χ3v) is 6.95. The number of fused-ring (bicyclic) bond motifs is 1. The first kappa shape index (κ1) is 24.8. The van der Waals surface area contributed by atoms with Gasteiger partial charge < -0.3 is 25.0 Å². The number of nitrogens with zero attached hydrogens (tertiary/aromatic N) is 3. The number of hydrogen-bond donors (Lipinski definition) is 3. The van der Waals surface area contributed by atoms with Gasteiger partial charge in [0.2, 0.25) is 11.8 Å². The third-order valence-electron chi connectivity index (χ3n) is 6.95. The highest BCUT2D eigenvalue weighted by molar-refractivity contribution is 6.05. The summed E-state index contributed by atoms with van der Waals surface area (Å²) in [7, 11) is 0. The monoisotopic (exact) mass is 479 g/mol. The Morgan fingerprint density at radius 3 is 2.15 bits per heavy atom. The second-order valence-electron chi connectivity index (χ2n) is 9.83. The van der Waals surface area contributed by atoms with Crippen LogP contribution in [0.5, 0.6) is 5.75 Å². The van der Waals surface area contributed by atoms with E-state index >= 15 is 0 Å². The van der Waals surface area contributed by atoms with Gasteiger partial charge in [-0.2, -0.15) is 0 Å². The molecule has 2 amide bonds. The molecular weight excluding hydrogens is 445 g/mol. The maximum absolute atomic E-state index is 13.9. The summed E-state index contributed by atoms with van der Waals surface area (Å²) < 4.78 is 19.7. The summed E-state index contributed by atoms with van der Waals surface area (Å²) in [6, 6.07) is 4.49. The minimum Gasteiger partial charge on any atom is -0.489 e. The van der Waals surface area contributed by atoms with Crippen molar-refractivity contribution < 1.29 is 34.0 Å². The van der Waals surface area contributed by atoms with Crippen LogP contribution in [0, 0.1) is 17.7 Å². The highest BCUT2D eigenvalue weighted by Gasteiger charge is 2.52. The van der Waals surface area contributed by atoms with Crippen LogP contribution >= 0.6 is 0 Å². The number of β-amino-alcohol motifs (C(OH)–C–C–N with tert-alkyl or cyclic N) is 1. The molecule has 0 bridgehead atoms. The summed E-state index contributed by atoms with van der Waals surface area (Å²) >= 11 is 0. The normalized spacial score (nSPS) is 29.0. The molecule has 5 atom stereocenters. The summed E-state index contributed by atoms with van der Waals surface area (Å²) in [6.07, 6.45) is -2.84. The Hall–Kier alpha value is -2.27. The van der Waals surface area contributed by atoms with Crippen LogP contribution in [0.4, 0.5) is 10.1 Å². The highest BCUT2D eigenvalue weighted by atomic mass is 19.1. The van der Waals surface area contributed by atoms with E-state index in [0.717, 1.165) is 4.90 Å². The van der Waals surface area contributed by atoms with Gasteiger partial charge in [0.15, 0.2) is 0 Å². The lowest BCUT2D eigenvalue weighted by Gasteiger charge is -2.37. The Morgan fingerprint density at radius 2 is 1.59 bits per heavy atom. The third kappa shape index (κ3) is 5.19. The van der Waals surface area contributed by atoms with E-state index < -0.39 is 30.1 Å². The summed E-state index contributed by atoms with van der Waals surface area (Å²) in [6.45, 7) is 6.51. The lowest BCUT2D eigenvalue weighted by Crippen LogP contribution is -2.50. The average molecular weight is 480 g/mol. The smallest absolute Gasteiger partial charge is 0.233 e. The number of imide groups is 1. The first-order valence-corrected chi connectivity index (χ1v) is 12.0. The molecule has 9 nitrogen and oxygen atoms in total. The van der Waals surface area contributed by atoms with Crippen LogP contribution in [0.3, 0.4) is 0 Å². The van der Waals surface area contributed by atoms with E-state index in [2.05, 4.69) is 9.80 Å². The summed E-state index contributed by atoms with van der Waals surface area (Å²) in [5.74, 6) is -1.72. The standard InChI is InChI=1S/C24H34FN3O6/c1-14(2)34-22-4-3-15(25)9-19(22)27-7-5-26(6-8-27)12-16(29)13-28-23(32)17-10-20(30)21(31)11-18(17)24(28)33/h3-4,9,14,16-18,20-21,29-31H,5-8,10-13H2,1-2H3. The zero-order chi connectivity index (χ0) is 24.6. The van der Waals surface area contributed by atoms with Crippen LogP contribution in [0.2, 0.25) is 0 Å². The first-order valence-electron chi connectivity index (χ1n) is 12.0. The van der Waals surface area contributed by atoms with Crippen molar-refractivity contribution >= 4 is 17.5 Å². The molecule has 3 fully saturated rings. The number of halogens is 1. The molecule has 4 rings (SSSR count). The molecule has 1 aliphatic carbocycles. The summed E-state index contributed by atoms with van der Waals surface area (Å²) in [5, 5.41) is 30.4. The number of piperazine rings is 1. The first-order chi connectivity index (χ1) is 16.1. The molecule has 2 heterocycles. The molecule has 3 N–H and O–H groups in total. The van der Waals surface area contributed by atoms with Crippen molar-refractivity contribution in [2.45, 2.75) is 51.1 Å². The summed E-state index contributed by atoms with van der Waals surface area (Å²) in [4.78, 5) is 30.6. The van der Waals surface area contributed by atoms with Gasteiger partial charge in [-0.1, -0.05) is 0 Å². The number of hydrogen-bond acceptors (Lipinski definition) is 8. The van der Waals surface area contributed by atoms with E-state index in [1.54, 1.807) is 6.07 Å². The number of amides is 2. The van der Waals surface area contributed by atoms with Gasteiger partial charge in [0, 0.05) is 38.8 Å². The number of aliphatic hydroxyl groups excluding tert-OH is 3. The van der Waals surface area contributed by atoms with Gasteiger partial charge in [-0.25, -0.2) is 4.39 Å². The van der Waals surface area contributed by atoms with E-state index in [-0.39, 0.29) is 43.1 Å². The van der Waals surface area contributed by atoms with Crippen LogP contribution in [0.15, 0.2) is 18.2 Å². The molecule has 5 unspecified atom stereocenters. The number of carbonyl (C=O) groups excluding carboxylic acids is 2. The zero-order valence-electron chi connectivity index (χ0n) is 19.6. The SMILES string of the molecule is CC(C)Oc1ccc(F)cc1N1CCN(CC(O)CN2C(=O)C3CC(O)C(O)CC3C2=O)CC1. The molecule has 2 aliphatic heterocycles. The number of likely N-dealkylation sites (tertiary alicyclic amines) is 1. The Balaban J connectivity index is 1.31. The van der Waals surface area contributed by atoms with Gasteiger partial charge in [-0.15, -0.1) is 0 Å². The average Bonchev–Trinajstić information content (AvgIpc) is 3.00. The minimum atomic E-state index is -1.01. The Kier molecular flexibility index (Phi) is 7.42. The maximum Gasteiger partial charge on any atom is 0.233 e. The Morgan fingerprint density at radius 1 is 1.00 bits per heavy atom. The number of carbonyl (C=O) groups is 2. The van der Waals surface area contributed by atoms with Crippen molar-refractivity contribution in [1.82, 2.24) is 9.80 Å². The molecule has 188 valence electrons. The molecule has 0 spiro atoms. The van der Waals surface area contributed by atoms with E-state index in [1.165, 1.54) is 12.1 Å². The van der Waals surface area contributed by atoms with Crippen molar-refractivity contribution in [3.05, 3.63) is 24.0 Å². The number of rotatable bonds is 7. The fourth-order valence-electron chi connectivity index (χ4n) is 5.23. The topological polar surface area (TPSA) is 114 Å². The van der Waals surface area contributed by atoms with Crippen molar-refractivity contribution in [3.8, 4) is 5.75 Å². The molecule has 1 aromatic rings. The number of ether oxygens (including phenoxy) is 1.